The van der Waals surface area contributed by atoms with Crippen LogP contribution in [0.3, 0.4) is 0 Å². The molecule has 0 fully saturated rings. The van der Waals surface area contributed by atoms with Gasteiger partial charge in [-0.1, -0.05) is 29.8 Å². The molecule has 1 aromatic heterocycles. The molecule has 0 unspecified atom stereocenters. The summed E-state index contributed by atoms with van der Waals surface area (Å²) < 4.78 is 0. The monoisotopic (exact) mass is 501 g/mol. The smallest absolute Gasteiger partial charge is 0.221 e. The van der Waals surface area contributed by atoms with Crippen molar-refractivity contribution in [1.29, 1.82) is 0 Å². The number of nitrogens with one attached hydrogen (secondary N) is 3. The summed E-state index contributed by atoms with van der Waals surface area (Å²) >= 11 is 5.80. The van der Waals surface area contributed by atoms with Crippen molar-refractivity contribution in [2.24, 2.45) is 4.99 Å². The van der Waals surface area contributed by atoms with Gasteiger partial charge in [0.15, 0.2) is 5.96 Å². The number of aromatic nitrogens is 1. The van der Waals surface area contributed by atoms with Crippen LogP contribution < -0.4 is 16.0 Å². The summed E-state index contributed by atoms with van der Waals surface area (Å²) in [7, 11) is 0. The average Bonchev–Trinajstić information content (AvgIpc) is 2.61. The van der Waals surface area contributed by atoms with Crippen LogP contribution in [0.2, 0.25) is 5.15 Å². The van der Waals surface area contributed by atoms with E-state index in [1.165, 1.54) is 6.92 Å². The molecule has 3 N–H and O–H groups in total. The normalized spacial score (nSPS) is 10.7. The zero-order valence-corrected chi connectivity index (χ0v) is 18.5. The van der Waals surface area contributed by atoms with Crippen LogP contribution in [-0.2, 0) is 17.8 Å². The first-order valence-electron chi connectivity index (χ1n) is 8.56. The standard InChI is InChI=1S/C19H24ClN5O.HI/c1-3-21-19(22-10-9-15-7-8-18(20)23-12-15)24-13-16-5-4-6-17(11-16)25-14(2)26;/h4-8,11-12H,3,9-10,13H2,1-2H3,(H,25,26)(H2,21,22,24);1H. The highest BCUT2D eigenvalue weighted by molar-refractivity contribution is 14.0. The molecule has 0 saturated heterocycles. The number of hydrogen-bond acceptors (Lipinski definition) is 3. The van der Waals surface area contributed by atoms with E-state index in [9.17, 15) is 4.79 Å². The third-order valence-corrected chi connectivity index (χ3v) is 3.73. The Kier molecular flexibility index (Phi) is 10.7. The Hall–Kier alpha value is -1.87. The van der Waals surface area contributed by atoms with Crippen LogP contribution in [0.1, 0.15) is 25.0 Å². The fraction of sp³-hybridized carbons (Fsp3) is 0.316. The first-order chi connectivity index (χ1) is 12.6. The lowest BCUT2D eigenvalue weighted by Crippen LogP contribution is -2.38. The van der Waals surface area contributed by atoms with Crippen molar-refractivity contribution in [3.8, 4) is 0 Å². The number of anilines is 1. The van der Waals surface area contributed by atoms with Crippen LogP contribution in [0.4, 0.5) is 5.69 Å². The predicted molar refractivity (Wildman–Crippen MR) is 122 cm³/mol. The summed E-state index contributed by atoms with van der Waals surface area (Å²) in [4.78, 5) is 19.8. The van der Waals surface area contributed by atoms with Crippen molar-refractivity contribution in [2.45, 2.75) is 26.8 Å². The van der Waals surface area contributed by atoms with Crippen molar-refractivity contribution in [1.82, 2.24) is 15.6 Å². The van der Waals surface area contributed by atoms with E-state index in [-0.39, 0.29) is 29.9 Å². The zero-order chi connectivity index (χ0) is 18.8. The number of rotatable bonds is 7. The van der Waals surface area contributed by atoms with Gasteiger partial charge in [0.2, 0.25) is 5.91 Å². The van der Waals surface area contributed by atoms with E-state index in [0.29, 0.717) is 11.7 Å². The van der Waals surface area contributed by atoms with Crippen molar-refractivity contribution in [2.75, 3.05) is 18.4 Å². The van der Waals surface area contributed by atoms with Gasteiger partial charge in [-0.2, -0.15) is 0 Å². The molecule has 1 amide bonds. The molecule has 1 aromatic carbocycles. The van der Waals surface area contributed by atoms with Crippen LogP contribution in [-0.4, -0.2) is 29.9 Å². The Labute approximate surface area is 182 Å². The molecule has 0 aliphatic rings. The molecule has 0 saturated carbocycles. The summed E-state index contributed by atoms with van der Waals surface area (Å²) in [6, 6.07) is 11.4. The fourth-order valence-corrected chi connectivity index (χ4v) is 2.45. The van der Waals surface area contributed by atoms with E-state index in [1.807, 2.05) is 37.3 Å². The van der Waals surface area contributed by atoms with Gasteiger partial charge in [0.1, 0.15) is 5.15 Å². The van der Waals surface area contributed by atoms with E-state index < -0.39 is 0 Å². The summed E-state index contributed by atoms with van der Waals surface area (Å²) in [6.07, 6.45) is 2.61. The molecular weight excluding hydrogens is 477 g/mol. The fourth-order valence-electron chi connectivity index (χ4n) is 2.34. The summed E-state index contributed by atoms with van der Waals surface area (Å²) in [5.74, 6) is 0.664. The molecule has 0 aliphatic heterocycles. The van der Waals surface area contributed by atoms with Crippen LogP contribution in [0, 0.1) is 0 Å². The molecule has 6 nitrogen and oxygen atoms in total. The molecule has 0 aliphatic carbocycles. The number of hydrogen-bond donors (Lipinski definition) is 3. The van der Waals surface area contributed by atoms with Crippen molar-refractivity contribution >= 4 is 53.1 Å². The van der Waals surface area contributed by atoms with Gasteiger partial charge in [0.05, 0.1) is 6.54 Å². The quantitative estimate of drug-likeness (QED) is 0.234. The Bertz CT molecular complexity index is 752. The van der Waals surface area contributed by atoms with Gasteiger partial charge in [-0.3, -0.25) is 4.79 Å². The minimum atomic E-state index is -0.0858. The Morgan fingerprint density at radius 3 is 2.67 bits per heavy atom. The molecule has 0 atom stereocenters. The lowest BCUT2D eigenvalue weighted by atomic mass is 10.2. The highest BCUT2D eigenvalue weighted by atomic mass is 127. The maximum absolute atomic E-state index is 11.2. The van der Waals surface area contributed by atoms with Crippen molar-refractivity contribution in [3.05, 3.63) is 58.9 Å². The predicted octanol–water partition coefficient (Wildman–Crippen LogP) is 3.61. The first-order valence-corrected chi connectivity index (χ1v) is 8.93. The number of guanidine groups is 1. The topological polar surface area (TPSA) is 78.4 Å². The van der Waals surface area contributed by atoms with E-state index in [2.05, 4.69) is 25.9 Å². The molecule has 146 valence electrons. The number of carbonyl (C=O) groups is 1. The van der Waals surface area contributed by atoms with Crippen LogP contribution in [0.25, 0.3) is 0 Å². The lowest BCUT2D eigenvalue weighted by molar-refractivity contribution is -0.114. The summed E-state index contributed by atoms with van der Waals surface area (Å²) in [6.45, 7) is 5.55. The van der Waals surface area contributed by atoms with E-state index >= 15 is 0 Å². The number of aliphatic imine (C=N–C) groups is 1. The number of pyridine rings is 1. The molecule has 2 rings (SSSR count). The van der Waals surface area contributed by atoms with E-state index in [0.717, 1.165) is 42.3 Å². The zero-order valence-electron chi connectivity index (χ0n) is 15.5. The Morgan fingerprint density at radius 1 is 1.19 bits per heavy atom. The number of nitrogens with zero attached hydrogens (tertiary/aromatic N) is 2. The van der Waals surface area contributed by atoms with Gasteiger partial charge in [-0.15, -0.1) is 24.0 Å². The average molecular weight is 502 g/mol. The molecule has 27 heavy (non-hydrogen) atoms. The van der Waals surface area contributed by atoms with Gasteiger partial charge in [-0.05, 0) is 42.7 Å². The molecular formula is C19H25ClIN5O. The maximum Gasteiger partial charge on any atom is 0.221 e. The van der Waals surface area contributed by atoms with Gasteiger partial charge in [-0.25, -0.2) is 9.98 Å². The SMILES string of the molecule is CCNC(=NCc1cccc(NC(C)=O)c1)NCCc1ccc(Cl)nc1.I. The van der Waals surface area contributed by atoms with Gasteiger partial charge >= 0.3 is 0 Å². The Balaban J connectivity index is 0.00000364. The van der Waals surface area contributed by atoms with Gasteiger partial charge in [0, 0.05) is 31.9 Å². The van der Waals surface area contributed by atoms with Crippen molar-refractivity contribution < 1.29 is 4.79 Å². The second-order valence-electron chi connectivity index (χ2n) is 5.74. The molecule has 8 heteroatoms. The second kappa shape index (κ2) is 12.5. The molecule has 0 radical (unpaired) electrons. The Morgan fingerprint density at radius 2 is 2.00 bits per heavy atom. The minimum absolute atomic E-state index is 0. The number of benzene rings is 1. The van der Waals surface area contributed by atoms with E-state index in [1.54, 1.807) is 12.3 Å². The van der Waals surface area contributed by atoms with Gasteiger partial charge < -0.3 is 16.0 Å². The highest BCUT2D eigenvalue weighted by Crippen LogP contribution is 2.11. The molecule has 1 heterocycles. The third-order valence-electron chi connectivity index (χ3n) is 3.51. The molecule has 0 bridgehead atoms. The largest absolute Gasteiger partial charge is 0.357 e. The van der Waals surface area contributed by atoms with Gasteiger partial charge in [0.25, 0.3) is 0 Å². The maximum atomic E-state index is 11.2. The number of halogens is 2. The second-order valence-corrected chi connectivity index (χ2v) is 6.13. The molecule has 2 aromatic rings. The minimum Gasteiger partial charge on any atom is -0.357 e. The molecule has 0 spiro atoms. The number of carbonyl (C=O) groups excluding carboxylic acids is 1. The highest BCUT2D eigenvalue weighted by Gasteiger charge is 2.01. The lowest BCUT2D eigenvalue weighted by Gasteiger charge is -2.11. The van der Waals surface area contributed by atoms with E-state index in [4.69, 9.17) is 11.6 Å². The van der Waals surface area contributed by atoms with Crippen LogP contribution in [0.15, 0.2) is 47.6 Å². The number of amides is 1. The third kappa shape index (κ3) is 9.05. The van der Waals surface area contributed by atoms with Crippen molar-refractivity contribution in [3.63, 3.8) is 0 Å². The first kappa shape index (κ1) is 23.2. The van der Waals surface area contributed by atoms with Crippen LogP contribution in [0.5, 0.6) is 0 Å². The summed E-state index contributed by atoms with van der Waals surface area (Å²) in [5, 5.41) is 9.82. The van der Waals surface area contributed by atoms with Crippen LogP contribution >= 0.6 is 35.6 Å². The summed E-state index contributed by atoms with van der Waals surface area (Å²) in [5.41, 5.74) is 2.91.